The first-order valence-electron chi connectivity index (χ1n) is 8.54. The zero-order valence-electron chi connectivity index (χ0n) is 13.8. The van der Waals surface area contributed by atoms with Crippen LogP contribution in [0.25, 0.3) is 0 Å². The molecule has 0 bridgehead atoms. The zero-order valence-corrected chi connectivity index (χ0v) is 13.8. The van der Waals surface area contributed by atoms with Crippen LogP contribution in [0.2, 0.25) is 0 Å². The lowest BCUT2D eigenvalue weighted by atomic mass is 10.3. The molecule has 5 heteroatoms. The lowest BCUT2D eigenvalue weighted by molar-refractivity contribution is 0.123. The van der Waals surface area contributed by atoms with E-state index in [1.54, 1.807) is 0 Å². The molecule has 2 N–H and O–H groups in total. The Labute approximate surface area is 129 Å². The summed E-state index contributed by atoms with van der Waals surface area (Å²) in [5.74, 6) is 1.76. The number of hydrogen-bond donors (Lipinski definition) is 2. The number of nitrogens with one attached hydrogen (secondary N) is 2. The minimum atomic E-state index is 0.806. The van der Waals surface area contributed by atoms with Gasteiger partial charge in [-0.05, 0) is 51.9 Å². The molecule has 0 saturated heterocycles. The molecule has 5 nitrogen and oxygen atoms in total. The standard InChI is InChI=1S/C16H33N3O2/c1-3-17-16(18-10-5-6-12-20-4-2)19-11-7-13-21-14-15-8-9-15/h15H,3-14H2,1-2H3,(H2,17,18,19). The highest BCUT2D eigenvalue weighted by Gasteiger charge is 2.20. The topological polar surface area (TPSA) is 54.9 Å². The van der Waals surface area contributed by atoms with Gasteiger partial charge in [-0.25, -0.2) is 0 Å². The van der Waals surface area contributed by atoms with Crippen molar-refractivity contribution in [1.29, 1.82) is 0 Å². The van der Waals surface area contributed by atoms with Gasteiger partial charge in [0.25, 0.3) is 0 Å². The molecule has 0 aliphatic heterocycles. The van der Waals surface area contributed by atoms with Gasteiger partial charge in [0.1, 0.15) is 0 Å². The summed E-state index contributed by atoms with van der Waals surface area (Å²) in [7, 11) is 0. The van der Waals surface area contributed by atoms with Crippen LogP contribution in [0.3, 0.4) is 0 Å². The van der Waals surface area contributed by atoms with E-state index in [1.165, 1.54) is 12.8 Å². The molecule has 0 heterocycles. The van der Waals surface area contributed by atoms with Crippen molar-refractivity contribution >= 4 is 5.96 Å². The average Bonchev–Trinajstić information content (AvgIpc) is 3.30. The molecule has 0 spiro atoms. The van der Waals surface area contributed by atoms with Crippen molar-refractivity contribution in [2.24, 2.45) is 10.9 Å². The smallest absolute Gasteiger partial charge is 0.191 e. The van der Waals surface area contributed by atoms with Crippen LogP contribution >= 0.6 is 0 Å². The first-order chi connectivity index (χ1) is 10.4. The Morgan fingerprint density at radius 1 is 1.05 bits per heavy atom. The first kappa shape index (κ1) is 18.2. The van der Waals surface area contributed by atoms with E-state index >= 15 is 0 Å². The molecule has 0 radical (unpaired) electrons. The molecule has 1 rings (SSSR count). The van der Waals surface area contributed by atoms with Crippen LogP contribution in [0.1, 0.15) is 46.0 Å². The van der Waals surface area contributed by atoms with Gasteiger partial charge in [0, 0.05) is 46.1 Å². The van der Waals surface area contributed by atoms with E-state index in [4.69, 9.17) is 9.47 Å². The van der Waals surface area contributed by atoms with Crippen molar-refractivity contribution in [3.8, 4) is 0 Å². The van der Waals surface area contributed by atoms with Crippen LogP contribution < -0.4 is 10.6 Å². The second-order valence-corrected chi connectivity index (χ2v) is 5.46. The summed E-state index contributed by atoms with van der Waals surface area (Å²) >= 11 is 0. The third-order valence-electron chi connectivity index (χ3n) is 3.32. The summed E-state index contributed by atoms with van der Waals surface area (Å²) in [6.45, 7) is 10.2. The zero-order chi connectivity index (χ0) is 15.2. The van der Waals surface area contributed by atoms with Gasteiger partial charge in [0.05, 0.1) is 0 Å². The molecule has 21 heavy (non-hydrogen) atoms. The average molecular weight is 299 g/mol. The Hall–Kier alpha value is -0.810. The molecule has 0 atom stereocenters. The Bertz CT molecular complexity index is 268. The number of rotatable bonds is 13. The third-order valence-corrected chi connectivity index (χ3v) is 3.32. The van der Waals surface area contributed by atoms with Gasteiger partial charge < -0.3 is 20.1 Å². The summed E-state index contributed by atoms with van der Waals surface area (Å²) in [4.78, 5) is 4.56. The second-order valence-electron chi connectivity index (χ2n) is 5.46. The van der Waals surface area contributed by atoms with Gasteiger partial charge >= 0.3 is 0 Å². The Balaban J connectivity index is 1.98. The minimum Gasteiger partial charge on any atom is -0.382 e. The van der Waals surface area contributed by atoms with Crippen molar-refractivity contribution in [1.82, 2.24) is 10.6 Å². The molecule has 1 aliphatic rings. The predicted octanol–water partition coefficient (Wildman–Crippen LogP) is 2.17. The first-order valence-corrected chi connectivity index (χ1v) is 8.54. The third kappa shape index (κ3) is 11.5. The summed E-state index contributed by atoms with van der Waals surface area (Å²) in [5, 5.41) is 6.63. The minimum absolute atomic E-state index is 0.806. The highest BCUT2D eigenvalue weighted by Crippen LogP contribution is 2.28. The predicted molar refractivity (Wildman–Crippen MR) is 87.9 cm³/mol. The number of aliphatic imine (C=N–C) groups is 1. The fourth-order valence-electron chi connectivity index (χ4n) is 1.91. The van der Waals surface area contributed by atoms with Gasteiger partial charge in [-0.3, -0.25) is 4.99 Å². The number of guanidine groups is 1. The van der Waals surface area contributed by atoms with Crippen LogP contribution in [0, 0.1) is 5.92 Å². The van der Waals surface area contributed by atoms with Gasteiger partial charge in [0.15, 0.2) is 5.96 Å². The number of ether oxygens (including phenoxy) is 2. The summed E-state index contributed by atoms with van der Waals surface area (Å²) in [5.41, 5.74) is 0. The number of unbranched alkanes of at least 4 members (excludes halogenated alkanes) is 1. The molecular formula is C16H33N3O2. The van der Waals surface area contributed by atoms with Crippen LogP contribution in [-0.4, -0.2) is 52.0 Å². The normalized spacial score (nSPS) is 15.2. The van der Waals surface area contributed by atoms with Crippen LogP contribution in [0.5, 0.6) is 0 Å². The maximum absolute atomic E-state index is 5.61. The Morgan fingerprint density at radius 2 is 1.86 bits per heavy atom. The maximum atomic E-state index is 5.61. The lowest BCUT2D eigenvalue weighted by Crippen LogP contribution is -2.38. The monoisotopic (exact) mass is 299 g/mol. The fourth-order valence-corrected chi connectivity index (χ4v) is 1.91. The molecule has 0 unspecified atom stereocenters. The quantitative estimate of drug-likeness (QED) is 0.311. The van der Waals surface area contributed by atoms with E-state index in [1.807, 2.05) is 6.92 Å². The highest BCUT2D eigenvalue weighted by molar-refractivity contribution is 5.79. The van der Waals surface area contributed by atoms with Gasteiger partial charge in [-0.15, -0.1) is 0 Å². The van der Waals surface area contributed by atoms with Crippen molar-refractivity contribution < 1.29 is 9.47 Å². The lowest BCUT2D eigenvalue weighted by Gasteiger charge is -2.11. The molecule has 124 valence electrons. The molecule has 1 saturated carbocycles. The fraction of sp³-hybridized carbons (Fsp3) is 0.938. The molecular weight excluding hydrogens is 266 g/mol. The Kier molecular flexibility index (Phi) is 11.2. The Morgan fingerprint density at radius 3 is 2.57 bits per heavy atom. The summed E-state index contributed by atoms with van der Waals surface area (Å²) in [6.07, 6.45) is 5.91. The van der Waals surface area contributed by atoms with E-state index in [-0.39, 0.29) is 0 Å². The van der Waals surface area contributed by atoms with Crippen LogP contribution in [0.4, 0.5) is 0 Å². The number of nitrogens with zero attached hydrogens (tertiary/aromatic N) is 1. The van der Waals surface area contributed by atoms with E-state index < -0.39 is 0 Å². The maximum Gasteiger partial charge on any atom is 0.191 e. The van der Waals surface area contributed by atoms with Crippen LogP contribution in [-0.2, 0) is 9.47 Å². The largest absolute Gasteiger partial charge is 0.382 e. The molecule has 1 aliphatic carbocycles. The summed E-state index contributed by atoms with van der Waals surface area (Å²) < 4.78 is 10.9. The SMILES string of the molecule is CCNC(=NCCCOCC1CC1)NCCCCOCC. The van der Waals surface area contributed by atoms with Crippen molar-refractivity contribution in [3.63, 3.8) is 0 Å². The van der Waals surface area contributed by atoms with Crippen molar-refractivity contribution in [3.05, 3.63) is 0 Å². The van der Waals surface area contributed by atoms with E-state index in [0.717, 1.165) is 77.2 Å². The molecule has 0 amide bonds. The number of hydrogen-bond acceptors (Lipinski definition) is 3. The molecule has 0 aromatic heterocycles. The van der Waals surface area contributed by atoms with E-state index in [9.17, 15) is 0 Å². The van der Waals surface area contributed by atoms with Gasteiger partial charge in [-0.2, -0.15) is 0 Å². The molecule has 1 fully saturated rings. The van der Waals surface area contributed by atoms with Crippen molar-refractivity contribution in [2.75, 3.05) is 46.1 Å². The molecule has 0 aromatic carbocycles. The second kappa shape index (κ2) is 12.9. The van der Waals surface area contributed by atoms with Gasteiger partial charge in [0.2, 0.25) is 0 Å². The van der Waals surface area contributed by atoms with Crippen LogP contribution in [0.15, 0.2) is 4.99 Å². The molecule has 0 aromatic rings. The van der Waals surface area contributed by atoms with E-state index in [0.29, 0.717) is 0 Å². The van der Waals surface area contributed by atoms with Gasteiger partial charge in [-0.1, -0.05) is 0 Å². The summed E-state index contributed by atoms with van der Waals surface area (Å²) in [6, 6.07) is 0. The van der Waals surface area contributed by atoms with E-state index in [2.05, 4.69) is 22.5 Å². The highest BCUT2D eigenvalue weighted by atomic mass is 16.5. The van der Waals surface area contributed by atoms with Crippen molar-refractivity contribution in [2.45, 2.75) is 46.0 Å².